The van der Waals surface area contributed by atoms with Gasteiger partial charge in [-0.05, 0) is 77.0 Å². The Labute approximate surface area is 359 Å². The van der Waals surface area contributed by atoms with Crippen molar-refractivity contribution in [3.05, 3.63) is 97.2 Å². The molecule has 0 amide bonds. The van der Waals surface area contributed by atoms with Gasteiger partial charge in [-0.25, -0.2) is 4.57 Å². The molecule has 0 aromatic rings. The number of esters is 2. The molecule has 0 fully saturated rings. The number of carbonyl (C=O) groups excluding carboxylic acids is 2. The van der Waals surface area contributed by atoms with Crippen molar-refractivity contribution in [1.29, 1.82) is 0 Å². The number of hydrogen-bond donors (Lipinski definition) is 2. The fourth-order valence-corrected chi connectivity index (χ4v) is 6.41. The minimum atomic E-state index is -4.39. The van der Waals surface area contributed by atoms with Crippen LogP contribution in [0, 0.1) is 0 Å². The van der Waals surface area contributed by atoms with E-state index in [-0.39, 0.29) is 32.6 Å². The first-order chi connectivity index (χ1) is 28.8. The molecule has 0 aliphatic rings. The number of phosphoric ester groups is 1. The quantitative estimate of drug-likeness (QED) is 0.0267. The van der Waals surface area contributed by atoms with Gasteiger partial charge in [0, 0.05) is 19.4 Å². The van der Waals surface area contributed by atoms with Crippen LogP contribution in [0.25, 0.3) is 0 Å². The van der Waals surface area contributed by atoms with Crippen LogP contribution in [0.4, 0.5) is 0 Å². The summed E-state index contributed by atoms with van der Waals surface area (Å²) in [5.41, 5.74) is 5.34. The molecule has 3 N–H and O–H groups in total. The van der Waals surface area contributed by atoms with Gasteiger partial charge in [0.05, 0.1) is 13.2 Å². The van der Waals surface area contributed by atoms with Crippen molar-refractivity contribution in [3.8, 4) is 0 Å². The lowest BCUT2D eigenvalue weighted by atomic mass is 10.1. The lowest BCUT2D eigenvalue weighted by Crippen LogP contribution is -2.29. The van der Waals surface area contributed by atoms with Crippen LogP contribution in [-0.2, 0) is 32.7 Å². The third kappa shape index (κ3) is 44.3. The number of carbonyl (C=O) groups is 2. The summed E-state index contributed by atoms with van der Waals surface area (Å²) in [6.45, 7) is 3.54. The van der Waals surface area contributed by atoms with Gasteiger partial charge in [-0.2, -0.15) is 0 Å². The summed E-state index contributed by atoms with van der Waals surface area (Å²) < 4.78 is 32.7. The van der Waals surface area contributed by atoms with E-state index >= 15 is 0 Å². The summed E-state index contributed by atoms with van der Waals surface area (Å²) in [6, 6.07) is 0. The second kappa shape index (κ2) is 44.5. The van der Waals surface area contributed by atoms with Crippen LogP contribution in [0.5, 0.6) is 0 Å². The lowest BCUT2D eigenvalue weighted by Gasteiger charge is -2.19. The third-order valence-electron chi connectivity index (χ3n) is 8.98. The summed E-state index contributed by atoms with van der Waals surface area (Å²) >= 11 is 0. The fourth-order valence-electron chi connectivity index (χ4n) is 5.65. The molecule has 0 aliphatic heterocycles. The van der Waals surface area contributed by atoms with Gasteiger partial charge in [0.1, 0.15) is 6.61 Å². The summed E-state index contributed by atoms with van der Waals surface area (Å²) in [5, 5.41) is 0. The summed E-state index contributed by atoms with van der Waals surface area (Å²) in [4.78, 5) is 34.8. The molecule has 2 unspecified atom stereocenters. The number of allylic oxidation sites excluding steroid dienone is 16. The molecule has 0 rings (SSSR count). The van der Waals surface area contributed by atoms with E-state index in [4.69, 9.17) is 24.3 Å². The van der Waals surface area contributed by atoms with Crippen LogP contribution in [-0.4, -0.2) is 49.3 Å². The predicted octanol–water partition coefficient (Wildman–Crippen LogP) is 13.4. The van der Waals surface area contributed by atoms with Crippen LogP contribution in [0.3, 0.4) is 0 Å². The van der Waals surface area contributed by atoms with Gasteiger partial charge in [-0.3, -0.25) is 18.6 Å². The Morgan fingerprint density at radius 2 is 0.932 bits per heavy atom. The van der Waals surface area contributed by atoms with Crippen molar-refractivity contribution >= 4 is 19.8 Å². The van der Waals surface area contributed by atoms with Crippen LogP contribution in [0.15, 0.2) is 97.2 Å². The van der Waals surface area contributed by atoms with Crippen LogP contribution >= 0.6 is 7.82 Å². The van der Waals surface area contributed by atoms with Crippen molar-refractivity contribution in [2.75, 3.05) is 26.4 Å². The maximum atomic E-state index is 12.6. The normalized spacial score (nSPS) is 14.2. The highest BCUT2D eigenvalue weighted by atomic mass is 31.2. The van der Waals surface area contributed by atoms with E-state index in [9.17, 15) is 19.0 Å². The van der Waals surface area contributed by atoms with E-state index in [2.05, 4.69) is 111 Å². The molecule has 0 saturated heterocycles. The molecular formula is C49H82NO8P. The highest BCUT2D eigenvalue weighted by Crippen LogP contribution is 2.43. The number of rotatable bonds is 41. The molecule has 2 atom stereocenters. The first-order valence-electron chi connectivity index (χ1n) is 22.7. The molecule has 0 radical (unpaired) electrons. The molecule has 9 nitrogen and oxygen atoms in total. The molecule has 59 heavy (non-hydrogen) atoms. The van der Waals surface area contributed by atoms with Crippen LogP contribution < -0.4 is 5.73 Å². The average Bonchev–Trinajstić information content (AvgIpc) is 3.22. The molecule has 0 aliphatic carbocycles. The lowest BCUT2D eigenvalue weighted by molar-refractivity contribution is -0.161. The van der Waals surface area contributed by atoms with Crippen molar-refractivity contribution in [1.82, 2.24) is 0 Å². The zero-order valence-corrected chi connectivity index (χ0v) is 37.8. The van der Waals surface area contributed by atoms with Crippen molar-refractivity contribution in [2.24, 2.45) is 5.73 Å². The molecule has 0 aromatic heterocycles. The Morgan fingerprint density at radius 1 is 0.525 bits per heavy atom. The van der Waals surface area contributed by atoms with Crippen LogP contribution in [0.2, 0.25) is 0 Å². The molecule has 0 heterocycles. The second-order valence-electron chi connectivity index (χ2n) is 14.5. The Morgan fingerprint density at radius 3 is 1.39 bits per heavy atom. The maximum Gasteiger partial charge on any atom is 0.472 e. The summed E-state index contributed by atoms with van der Waals surface area (Å²) in [5.74, 6) is -0.869. The summed E-state index contributed by atoms with van der Waals surface area (Å²) in [6.07, 6.45) is 57.4. The van der Waals surface area contributed by atoms with Crippen molar-refractivity contribution in [2.45, 2.75) is 174 Å². The average molecular weight is 844 g/mol. The van der Waals surface area contributed by atoms with E-state index in [0.717, 1.165) is 96.3 Å². The zero-order chi connectivity index (χ0) is 43.2. The topological polar surface area (TPSA) is 134 Å². The minimum absolute atomic E-state index is 0.0444. The van der Waals surface area contributed by atoms with E-state index in [0.29, 0.717) is 6.42 Å². The van der Waals surface area contributed by atoms with Gasteiger partial charge in [0.2, 0.25) is 0 Å². The maximum absolute atomic E-state index is 12.6. The fraction of sp³-hybridized carbons (Fsp3) is 0.633. The first kappa shape index (κ1) is 55.9. The van der Waals surface area contributed by atoms with Crippen molar-refractivity contribution < 1.29 is 37.6 Å². The highest BCUT2D eigenvalue weighted by Gasteiger charge is 2.26. The highest BCUT2D eigenvalue weighted by molar-refractivity contribution is 7.47. The Kier molecular flexibility index (Phi) is 42.2. The van der Waals surface area contributed by atoms with Gasteiger partial charge >= 0.3 is 19.8 Å². The van der Waals surface area contributed by atoms with Gasteiger partial charge in [-0.15, -0.1) is 0 Å². The van der Waals surface area contributed by atoms with Gasteiger partial charge in [0.25, 0.3) is 0 Å². The Balaban J connectivity index is 4.13. The van der Waals surface area contributed by atoms with E-state index in [1.54, 1.807) is 0 Å². The smallest absolute Gasteiger partial charge is 0.462 e. The number of phosphoric acid groups is 1. The molecule has 0 spiro atoms. The van der Waals surface area contributed by atoms with Gasteiger partial charge < -0.3 is 20.1 Å². The number of unbranched alkanes of at least 4 members (excludes halogenated alkanes) is 12. The number of ether oxygens (including phenoxy) is 2. The molecule has 336 valence electrons. The minimum Gasteiger partial charge on any atom is -0.462 e. The first-order valence-corrected chi connectivity index (χ1v) is 24.2. The van der Waals surface area contributed by atoms with E-state index in [1.165, 1.54) is 38.5 Å². The zero-order valence-electron chi connectivity index (χ0n) is 36.9. The Hall–Kier alpha value is -3.07. The molecule has 0 aromatic carbocycles. The standard InChI is InChI=1S/C49H82NO8P/c1-3-5-7-9-11-13-14-15-16-17-18-19-20-21-22-23-24-25-26-27-28-29-30-31-32-34-36-38-40-42-49(52)58-47(46-57-59(53,54)56-44-43-50)45-55-48(51)41-39-37-35-33-12-10-8-6-4-2/h5,7,11,13,15-16,18-19,21-22,24-25,27-28,30-31,47H,3-4,6,8-10,12,14,17,20,23,26,29,32-46,50H2,1-2H3,(H,53,54)/b7-5-,13-11-,16-15-,19-18-,22-21-,25-24-,28-27-,31-30-. The third-order valence-corrected chi connectivity index (χ3v) is 9.97. The summed E-state index contributed by atoms with van der Waals surface area (Å²) in [7, 11) is -4.39. The Bertz CT molecular complexity index is 1280. The number of hydrogen-bond acceptors (Lipinski definition) is 8. The molecule has 0 saturated carbocycles. The van der Waals surface area contributed by atoms with Crippen molar-refractivity contribution in [3.63, 3.8) is 0 Å². The van der Waals surface area contributed by atoms with Gasteiger partial charge in [0.15, 0.2) is 6.10 Å². The molecule has 0 bridgehead atoms. The SMILES string of the molecule is CC/C=C\C/C=C\C/C=C\C/C=C\C/C=C\C/C=C\C/C=C\C/C=C\CCCCCCC(=O)OC(COC(=O)CCCCCCCCCCC)COP(=O)(O)OCCN. The second-order valence-corrected chi connectivity index (χ2v) is 16.0. The van der Waals surface area contributed by atoms with E-state index in [1.807, 2.05) is 0 Å². The predicted molar refractivity (Wildman–Crippen MR) is 247 cm³/mol. The number of nitrogens with two attached hydrogens (primary N) is 1. The van der Waals surface area contributed by atoms with Crippen LogP contribution in [0.1, 0.15) is 168 Å². The monoisotopic (exact) mass is 844 g/mol. The largest absolute Gasteiger partial charge is 0.472 e. The molecular weight excluding hydrogens is 762 g/mol. The molecule has 10 heteroatoms. The van der Waals surface area contributed by atoms with Gasteiger partial charge in [-0.1, -0.05) is 175 Å². The van der Waals surface area contributed by atoms with E-state index < -0.39 is 32.5 Å².